The van der Waals surface area contributed by atoms with Crippen LogP contribution in [0, 0.1) is 0 Å². The summed E-state index contributed by atoms with van der Waals surface area (Å²) in [5, 5.41) is 3.41. The molecule has 0 aliphatic carbocycles. The lowest BCUT2D eigenvalue weighted by Gasteiger charge is -2.39. The molecule has 0 radical (unpaired) electrons. The Labute approximate surface area is 99.0 Å². The van der Waals surface area contributed by atoms with E-state index in [0.29, 0.717) is 6.54 Å². The molecule has 1 N–H and O–H groups in total. The summed E-state index contributed by atoms with van der Waals surface area (Å²) >= 11 is 0. The smallest absolute Gasteiger partial charge is 0.236 e. The van der Waals surface area contributed by atoms with Gasteiger partial charge < -0.3 is 10.2 Å². The Morgan fingerprint density at radius 2 is 2.19 bits per heavy atom. The predicted molar refractivity (Wildman–Crippen MR) is 66.4 cm³/mol. The Kier molecular flexibility index (Phi) is 4.74. The third-order valence-electron chi connectivity index (χ3n) is 2.93. The van der Waals surface area contributed by atoms with Crippen LogP contribution in [0.1, 0.15) is 27.2 Å². The van der Waals surface area contributed by atoms with Crippen molar-refractivity contribution in [1.29, 1.82) is 0 Å². The van der Waals surface area contributed by atoms with Gasteiger partial charge in [0.15, 0.2) is 0 Å². The molecular formula is C12H25N3O. The maximum absolute atomic E-state index is 12.0. The maximum atomic E-state index is 12.0. The second kappa shape index (κ2) is 5.64. The Hall–Kier alpha value is -0.610. The first-order valence-corrected chi connectivity index (χ1v) is 6.16. The predicted octanol–water partition coefficient (Wildman–Crippen LogP) is 0.539. The van der Waals surface area contributed by atoms with Crippen molar-refractivity contribution in [3.05, 3.63) is 0 Å². The van der Waals surface area contributed by atoms with E-state index in [9.17, 15) is 4.79 Å². The maximum Gasteiger partial charge on any atom is 0.236 e. The topological polar surface area (TPSA) is 35.6 Å². The van der Waals surface area contributed by atoms with Gasteiger partial charge in [0.25, 0.3) is 0 Å². The summed E-state index contributed by atoms with van der Waals surface area (Å²) in [6.07, 6.45) is 1.09. The SMILES string of the molecule is CCCN(C)CC(=O)N1CCNC(C)(C)C1. The van der Waals surface area contributed by atoms with Gasteiger partial charge in [-0.25, -0.2) is 0 Å². The minimum atomic E-state index is 0.0528. The van der Waals surface area contributed by atoms with Crippen molar-refractivity contribution < 1.29 is 4.79 Å². The third kappa shape index (κ3) is 4.10. The van der Waals surface area contributed by atoms with E-state index in [4.69, 9.17) is 0 Å². The molecule has 1 aliphatic rings. The minimum absolute atomic E-state index is 0.0528. The normalized spacial score (nSPS) is 20.2. The number of hydrogen-bond acceptors (Lipinski definition) is 3. The van der Waals surface area contributed by atoms with Crippen molar-refractivity contribution in [1.82, 2.24) is 15.1 Å². The number of amides is 1. The fourth-order valence-electron chi connectivity index (χ4n) is 2.15. The number of nitrogens with one attached hydrogen (secondary N) is 1. The molecular weight excluding hydrogens is 202 g/mol. The molecule has 0 aromatic rings. The molecule has 0 atom stereocenters. The van der Waals surface area contributed by atoms with Crippen LogP contribution in [0.25, 0.3) is 0 Å². The summed E-state index contributed by atoms with van der Waals surface area (Å²) in [7, 11) is 2.01. The molecule has 1 saturated heterocycles. The highest BCUT2D eigenvalue weighted by atomic mass is 16.2. The number of nitrogens with zero attached hydrogens (tertiary/aromatic N) is 2. The van der Waals surface area contributed by atoms with E-state index in [-0.39, 0.29) is 11.4 Å². The minimum Gasteiger partial charge on any atom is -0.338 e. The van der Waals surface area contributed by atoms with Gasteiger partial charge in [0, 0.05) is 25.2 Å². The average Bonchev–Trinajstić information content (AvgIpc) is 2.16. The number of carbonyl (C=O) groups excluding carboxylic acids is 1. The zero-order valence-corrected chi connectivity index (χ0v) is 11.0. The van der Waals surface area contributed by atoms with Gasteiger partial charge in [0.1, 0.15) is 0 Å². The van der Waals surface area contributed by atoms with E-state index >= 15 is 0 Å². The van der Waals surface area contributed by atoms with Crippen molar-refractivity contribution in [3.8, 4) is 0 Å². The molecule has 4 nitrogen and oxygen atoms in total. The average molecular weight is 227 g/mol. The van der Waals surface area contributed by atoms with E-state index in [1.807, 2.05) is 11.9 Å². The van der Waals surface area contributed by atoms with Crippen LogP contribution in [-0.4, -0.2) is 61.0 Å². The highest BCUT2D eigenvalue weighted by Crippen LogP contribution is 2.10. The summed E-state index contributed by atoms with van der Waals surface area (Å²) < 4.78 is 0. The summed E-state index contributed by atoms with van der Waals surface area (Å²) in [4.78, 5) is 16.1. The van der Waals surface area contributed by atoms with Crippen molar-refractivity contribution >= 4 is 5.91 Å². The Balaban J connectivity index is 2.41. The second-order valence-corrected chi connectivity index (χ2v) is 5.36. The van der Waals surface area contributed by atoms with Crippen LogP contribution in [-0.2, 0) is 4.79 Å². The Bertz CT molecular complexity index is 240. The fraction of sp³-hybridized carbons (Fsp3) is 0.917. The van der Waals surface area contributed by atoms with Gasteiger partial charge in [-0.15, -0.1) is 0 Å². The van der Waals surface area contributed by atoms with Crippen molar-refractivity contribution in [3.63, 3.8) is 0 Å². The number of hydrogen-bond donors (Lipinski definition) is 1. The van der Waals surface area contributed by atoms with Gasteiger partial charge in [-0.3, -0.25) is 9.69 Å². The third-order valence-corrected chi connectivity index (χ3v) is 2.93. The molecule has 0 aromatic heterocycles. The van der Waals surface area contributed by atoms with Gasteiger partial charge in [-0.1, -0.05) is 6.92 Å². The van der Waals surface area contributed by atoms with Crippen molar-refractivity contribution in [2.75, 3.05) is 39.8 Å². The van der Waals surface area contributed by atoms with Crippen molar-refractivity contribution in [2.24, 2.45) is 0 Å². The van der Waals surface area contributed by atoms with Crippen LogP contribution in [0.4, 0.5) is 0 Å². The quantitative estimate of drug-likeness (QED) is 0.761. The molecule has 0 aromatic carbocycles. The van der Waals surface area contributed by atoms with Crippen LogP contribution in [0.3, 0.4) is 0 Å². The zero-order chi connectivity index (χ0) is 12.2. The Morgan fingerprint density at radius 3 is 2.75 bits per heavy atom. The molecule has 1 aliphatic heterocycles. The molecule has 4 heteroatoms. The van der Waals surface area contributed by atoms with Gasteiger partial charge in [0.2, 0.25) is 5.91 Å². The van der Waals surface area contributed by atoms with E-state index in [2.05, 4.69) is 31.0 Å². The molecule has 1 fully saturated rings. The molecule has 1 amide bonds. The summed E-state index contributed by atoms with van der Waals surface area (Å²) in [5.41, 5.74) is 0.0528. The van der Waals surface area contributed by atoms with E-state index in [0.717, 1.165) is 32.6 Å². The van der Waals surface area contributed by atoms with Crippen LogP contribution < -0.4 is 5.32 Å². The van der Waals surface area contributed by atoms with Crippen LogP contribution >= 0.6 is 0 Å². The highest BCUT2D eigenvalue weighted by molar-refractivity contribution is 5.78. The molecule has 1 rings (SSSR count). The van der Waals surface area contributed by atoms with Crippen LogP contribution in [0.15, 0.2) is 0 Å². The molecule has 0 unspecified atom stereocenters. The first-order valence-electron chi connectivity index (χ1n) is 6.16. The van der Waals surface area contributed by atoms with E-state index in [1.165, 1.54) is 0 Å². The molecule has 0 bridgehead atoms. The van der Waals surface area contributed by atoms with E-state index in [1.54, 1.807) is 0 Å². The van der Waals surface area contributed by atoms with Gasteiger partial charge in [0.05, 0.1) is 6.54 Å². The monoisotopic (exact) mass is 227 g/mol. The molecule has 94 valence electrons. The number of rotatable bonds is 4. The first-order chi connectivity index (χ1) is 7.44. The lowest BCUT2D eigenvalue weighted by molar-refractivity contribution is -0.134. The van der Waals surface area contributed by atoms with E-state index < -0.39 is 0 Å². The molecule has 1 heterocycles. The van der Waals surface area contributed by atoms with Gasteiger partial charge in [-0.2, -0.15) is 0 Å². The summed E-state index contributed by atoms with van der Waals surface area (Å²) in [6.45, 7) is 10.5. The fourth-order valence-corrected chi connectivity index (χ4v) is 2.15. The molecule has 0 spiro atoms. The summed E-state index contributed by atoms with van der Waals surface area (Å²) in [5.74, 6) is 0.255. The summed E-state index contributed by atoms with van der Waals surface area (Å²) in [6, 6.07) is 0. The Morgan fingerprint density at radius 1 is 1.50 bits per heavy atom. The van der Waals surface area contributed by atoms with Crippen molar-refractivity contribution in [2.45, 2.75) is 32.7 Å². The lowest BCUT2D eigenvalue weighted by Crippen LogP contribution is -2.59. The molecule has 16 heavy (non-hydrogen) atoms. The van der Waals surface area contributed by atoms with Crippen LogP contribution in [0.5, 0.6) is 0 Å². The zero-order valence-electron chi connectivity index (χ0n) is 11.0. The molecule has 0 saturated carbocycles. The first kappa shape index (κ1) is 13.5. The number of likely N-dealkylation sites (N-methyl/N-ethyl adjacent to an activating group) is 1. The number of carbonyl (C=O) groups is 1. The largest absolute Gasteiger partial charge is 0.338 e. The van der Waals surface area contributed by atoms with Gasteiger partial charge >= 0.3 is 0 Å². The van der Waals surface area contributed by atoms with Crippen LogP contribution in [0.2, 0.25) is 0 Å². The second-order valence-electron chi connectivity index (χ2n) is 5.36. The highest BCUT2D eigenvalue weighted by Gasteiger charge is 2.28. The van der Waals surface area contributed by atoms with Gasteiger partial charge in [-0.05, 0) is 33.9 Å². The lowest BCUT2D eigenvalue weighted by atomic mass is 10.0. The standard InChI is InChI=1S/C12H25N3O/c1-5-7-14(4)9-11(16)15-8-6-13-12(2,3)10-15/h13H,5-10H2,1-4H3. The number of piperazine rings is 1.